The molecule has 0 aromatic carbocycles. The van der Waals surface area contributed by atoms with Gasteiger partial charge in [0.15, 0.2) is 0 Å². The van der Waals surface area contributed by atoms with E-state index < -0.39 is 8.96 Å². The highest BCUT2D eigenvalue weighted by atomic mass is 28.3. The monoisotopic (exact) mass is 132 g/mol. The lowest BCUT2D eigenvalue weighted by molar-refractivity contribution is 0.535. The lowest BCUT2D eigenvalue weighted by Crippen LogP contribution is -2.34. The van der Waals surface area contributed by atoms with Gasteiger partial charge < -0.3 is 10.3 Å². The SMILES string of the molecule is CN(CCN)[SiH](C)C. The lowest BCUT2D eigenvalue weighted by atomic mass is 10.7. The summed E-state index contributed by atoms with van der Waals surface area (Å²) in [5.74, 6) is 0. The first-order valence-electron chi connectivity index (χ1n) is 3.08. The minimum Gasteiger partial charge on any atom is -0.329 e. The zero-order valence-corrected chi connectivity index (χ0v) is 7.17. The van der Waals surface area contributed by atoms with Crippen molar-refractivity contribution < 1.29 is 0 Å². The van der Waals surface area contributed by atoms with Crippen LogP contribution in [0.1, 0.15) is 0 Å². The van der Waals surface area contributed by atoms with Crippen molar-refractivity contribution in [3.63, 3.8) is 0 Å². The normalized spacial score (nSPS) is 11.2. The first-order chi connectivity index (χ1) is 3.68. The highest BCUT2D eigenvalue weighted by Crippen LogP contribution is 1.85. The van der Waals surface area contributed by atoms with Crippen molar-refractivity contribution in [2.45, 2.75) is 13.1 Å². The zero-order chi connectivity index (χ0) is 6.57. The van der Waals surface area contributed by atoms with Crippen molar-refractivity contribution in [3.8, 4) is 0 Å². The molecule has 0 radical (unpaired) electrons. The molecule has 50 valence electrons. The molecule has 0 fully saturated rings. The average molecular weight is 132 g/mol. The summed E-state index contributed by atoms with van der Waals surface area (Å²) in [6, 6.07) is 0. The molecule has 0 rings (SSSR count). The molecule has 0 amide bonds. The molecule has 0 saturated carbocycles. The lowest BCUT2D eigenvalue weighted by Gasteiger charge is -2.18. The van der Waals surface area contributed by atoms with Crippen LogP contribution in [0.5, 0.6) is 0 Å². The Hall–Kier alpha value is 0.137. The number of rotatable bonds is 3. The third-order valence-electron chi connectivity index (χ3n) is 1.36. The highest BCUT2D eigenvalue weighted by molar-refractivity contribution is 6.52. The van der Waals surface area contributed by atoms with E-state index in [4.69, 9.17) is 5.73 Å². The van der Waals surface area contributed by atoms with Crippen molar-refractivity contribution in [3.05, 3.63) is 0 Å². The molecule has 0 aromatic heterocycles. The maximum absolute atomic E-state index is 5.35. The van der Waals surface area contributed by atoms with Gasteiger partial charge in [0.2, 0.25) is 0 Å². The van der Waals surface area contributed by atoms with Gasteiger partial charge in [-0.25, -0.2) is 0 Å². The molecule has 0 atom stereocenters. The van der Waals surface area contributed by atoms with E-state index in [1.807, 2.05) is 0 Å². The zero-order valence-electron chi connectivity index (χ0n) is 6.02. The van der Waals surface area contributed by atoms with E-state index in [-0.39, 0.29) is 0 Å². The summed E-state index contributed by atoms with van der Waals surface area (Å²) in [6.45, 7) is 6.46. The quantitative estimate of drug-likeness (QED) is 0.542. The van der Waals surface area contributed by atoms with Crippen LogP contribution in [0, 0.1) is 0 Å². The van der Waals surface area contributed by atoms with E-state index in [9.17, 15) is 0 Å². The van der Waals surface area contributed by atoms with E-state index in [2.05, 4.69) is 24.7 Å². The Morgan fingerprint density at radius 2 is 2.00 bits per heavy atom. The van der Waals surface area contributed by atoms with E-state index in [1.54, 1.807) is 0 Å². The standard InChI is InChI=1S/C5H16N2Si/c1-7(5-4-6)8(2)3/h8H,4-6H2,1-3H3. The highest BCUT2D eigenvalue weighted by Gasteiger charge is 2.00. The van der Waals surface area contributed by atoms with Crippen molar-refractivity contribution in [1.29, 1.82) is 0 Å². The van der Waals surface area contributed by atoms with Gasteiger partial charge in [0.1, 0.15) is 8.96 Å². The molecule has 0 aliphatic carbocycles. The molecule has 0 spiro atoms. The molecule has 0 bridgehead atoms. The fourth-order valence-electron chi connectivity index (χ4n) is 0.462. The Balaban J connectivity index is 3.17. The van der Waals surface area contributed by atoms with Crippen LogP contribution in [0.3, 0.4) is 0 Å². The summed E-state index contributed by atoms with van der Waals surface area (Å²) >= 11 is 0. The first-order valence-corrected chi connectivity index (χ1v) is 5.91. The molecule has 8 heavy (non-hydrogen) atoms. The van der Waals surface area contributed by atoms with E-state index >= 15 is 0 Å². The van der Waals surface area contributed by atoms with Gasteiger partial charge in [-0.2, -0.15) is 0 Å². The summed E-state index contributed by atoms with van der Waals surface area (Å²) in [7, 11) is 1.61. The second kappa shape index (κ2) is 4.06. The summed E-state index contributed by atoms with van der Waals surface area (Å²) in [5, 5.41) is 0. The van der Waals surface area contributed by atoms with Crippen LogP contribution in [0.4, 0.5) is 0 Å². The second-order valence-electron chi connectivity index (χ2n) is 2.36. The number of likely N-dealkylation sites (N-methyl/N-ethyl adjacent to an activating group) is 1. The number of hydrogen-bond donors (Lipinski definition) is 1. The van der Waals surface area contributed by atoms with Crippen molar-refractivity contribution in [2.75, 3.05) is 20.1 Å². The predicted octanol–water partition coefficient (Wildman–Crippen LogP) is -0.140. The van der Waals surface area contributed by atoms with Crippen LogP contribution in [-0.4, -0.2) is 33.7 Å². The third-order valence-corrected chi connectivity index (χ3v) is 3.38. The Labute approximate surface area is 53.4 Å². The Morgan fingerprint density at radius 1 is 1.50 bits per heavy atom. The topological polar surface area (TPSA) is 29.3 Å². The summed E-state index contributed by atoms with van der Waals surface area (Å²) in [4.78, 5) is 0. The van der Waals surface area contributed by atoms with Gasteiger partial charge in [0, 0.05) is 13.1 Å². The Kier molecular flexibility index (Phi) is 4.13. The molecule has 2 N–H and O–H groups in total. The second-order valence-corrected chi connectivity index (χ2v) is 5.43. The van der Waals surface area contributed by atoms with Gasteiger partial charge in [-0.3, -0.25) is 0 Å². The largest absolute Gasteiger partial charge is 0.329 e. The first kappa shape index (κ1) is 8.14. The minimum absolute atomic E-state index is 0.529. The predicted molar refractivity (Wildman–Crippen MR) is 40.6 cm³/mol. The minimum atomic E-state index is -0.529. The van der Waals surface area contributed by atoms with Crippen LogP contribution in [0.15, 0.2) is 0 Å². The molecule has 0 aromatic rings. The fourth-order valence-corrected chi connectivity index (χ4v) is 1.13. The van der Waals surface area contributed by atoms with Crippen LogP contribution in [0.2, 0.25) is 13.1 Å². The van der Waals surface area contributed by atoms with Crippen LogP contribution >= 0.6 is 0 Å². The van der Waals surface area contributed by atoms with Gasteiger partial charge in [0.25, 0.3) is 0 Å². The molecule has 0 aliphatic rings. The molecule has 2 nitrogen and oxygen atoms in total. The van der Waals surface area contributed by atoms with Gasteiger partial charge in [0.05, 0.1) is 0 Å². The summed E-state index contributed by atoms with van der Waals surface area (Å²) in [5.41, 5.74) is 5.35. The fraction of sp³-hybridized carbons (Fsp3) is 1.00. The van der Waals surface area contributed by atoms with Crippen LogP contribution in [-0.2, 0) is 0 Å². The van der Waals surface area contributed by atoms with Crippen LogP contribution < -0.4 is 5.73 Å². The van der Waals surface area contributed by atoms with E-state index in [1.165, 1.54) is 0 Å². The molecule has 0 unspecified atom stereocenters. The summed E-state index contributed by atoms with van der Waals surface area (Å²) in [6.07, 6.45) is 0. The Morgan fingerprint density at radius 3 is 2.12 bits per heavy atom. The molecule has 0 saturated heterocycles. The Bertz CT molecular complexity index is 56.4. The molecular formula is C5H16N2Si. The number of hydrogen-bond acceptors (Lipinski definition) is 2. The third kappa shape index (κ3) is 3.18. The number of nitrogens with zero attached hydrogens (tertiary/aromatic N) is 1. The van der Waals surface area contributed by atoms with Crippen molar-refractivity contribution in [1.82, 2.24) is 4.57 Å². The maximum Gasteiger partial charge on any atom is 0.105 e. The number of nitrogens with two attached hydrogens (primary N) is 1. The maximum atomic E-state index is 5.35. The van der Waals surface area contributed by atoms with Gasteiger partial charge in [-0.05, 0) is 7.05 Å². The molecule has 3 heteroatoms. The molecular weight excluding hydrogens is 116 g/mol. The molecule has 0 heterocycles. The van der Waals surface area contributed by atoms with Gasteiger partial charge in [-0.15, -0.1) is 0 Å². The van der Waals surface area contributed by atoms with Gasteiger partial charge in [-0.1, -0.05) is 13.1 Å². The van der Waals surface area contributed by atoms with Gasteiger partial charge >= 0.3 is 0 Å². The van der Waals surface area contributed by atoms with Crippen molar-refractivity contribution >= 4 is 8.96 Å². The van der Waals surface area contributed by atoms with E-state index in [0.717, 1.165) is 13.1 Å². The smallest absolute Gasteiger partial charge is 0.105 e. The van der Waals surface area contributed by atoms with E-state index in [0.29, 0.717) is 0 Å². The van der Waals surface area contributed by atoms with Crippen LogP contribution in [0.25, 0.3) is 0 Å². The van der Waals surface area contributed by atoms with Crippen molar-refractivity contribution in [2.24, 2.45) is 5.73 Å². The average Bonchev–Trinajstić information content (AvgIpc) is 1.67. The summed E-state index contributed by atoms with van der Waals surface area (Å²) < 4.78 is 2.36. The molecule has 0 aliphatic heterocycles.